The van der Waals surface area contributed by atoms with E-state index in [1.165, 1.54) is 0 Å². The smallest absolute Gasteiger partial charge is 0.292 e. The molecule has 0 aromatic heterocycles. The first-order valence-electron chi connectivity index (χ1n) is 10.3. The Morgan fingerprint density at radius 3 is 2.60 bits per heavy atom. The number of nitrogens with one attached hydrogen (secondary N) is 1. The molecular formula is C24H31N3O3. The monoisotopic (exact) mass is 409 g/mol. The Labute approximate surface area is 178 Å². The molecule has 0 spiro atoms. The van der Waals surface area contributed by atoms with Crippen LogP contribution in [0.25, 0.3) is 0 Å². The van der Waals surface area contributed by atoms with Gasteiger partial charge in [0.1, 0.15) is 5.69 Å². The highest BCUT2D eigenvalue weighted by molar-refractivity contribution is 5.95. The fourth-order valence-electron chi connectivity index (χ4n) is 4.03. The summed E-state index contributed by atoms with van der Waals surface area (Å²) in [5, 5.41) is 14.5. The van der Waals surface area contributed by atoms with Gasteiger partial charge in [0, 0.05) is 37.7 Å². The molecule has 30 heavy (non-hydrogen) atoms. The molecule has 1 aliphatic rings. The highest BCUT2D eigenvalue weighted by Crippen LogP contribution is 2.36. The van der Waals surface area contributed by atoms with Gasteiger partial charge in [-0.3, -0.25) is 14.9 Å². The molecule has 0 radical (unpaired) electrons. The number of piperidine rings is 1. The van der Waals surface area contributed by atoms with Crippen molar-refractivity contribution in [3.63, 3.8) is 0 Å². The normalized spacial score (nSPS) is 16.8. The standard InChI is InChI=1S/C22H27N3O3.C2H4/c1-15-7-6-12-24(14-15)20-11-10-17(13-21(20)25(27)28)16(2)18-8-4-5-9-19(18)22(26)23-3;1-2/h4-5,8-11,13,15-16H,6-7,12,14H2,1-3H3,(H,23,26);1-2H2. The maximum absolute atomic E-state index is 12.2. The molecule has 1 fully saturated rings. The second kappa shape index (κ2) is 10.6. The molecule has 3 rings (SSSR count). The van der Waals surface area contributed by atoms with Crippen LogP contribution in [0.15, 0.2) is 55.6 Å². The summed E-state index contributed by atoms with van der Waals surface area (Å²) >= 11 is 0. The number of nitrogens with zero attached hydrogens (tertiary/aromatic N) is 2. The highest BCUT2D eigenvalue weighted by atomic mass is 16.6. The van der Waals surface area contributed by atoms with E-state index in [1.807, 2.05) is 37.3 Å². The van der Waals surface area contributed by atoms with Gasteiger partial charge in [0.25, 0.3) is 11.6 Å². The maximum atomic E-state index is 12.2. The molecule has 1 N–H and O–H groups in total. The molecule has 6 heteroatoms. The third-order valence-corrected chi connectivity index (χ3v) is 5.59. The first-order valence-corrected chi connectivity index (χ1v) is 10.3. The topological polar surface area (TPSA) is 75.5 Å². The van der Waals surface area contributed by atoms with E-state index < -0.39 is 0 Å². The van der Waals surface area contributed by atoms with Crippen molar-refractivity contribution in [2.75, 3.05) is 25.0 Å². The Bertz CT molecular complexity index is 897. The first kappa shape index (κ1) is 23.1. The zero-order valence-corrected chi connectivity index (χ0v) is 18.1. The van der Waals surface area contributed by atoms with Crippen LogP contribution in [-0.2, 0) is 0 Å². The predicted octanol–water partition coefficient (Wildman–Crippen LogP) is 5.14. The molecule has 2 aromatic rings. The lowest BCUT2D eigenvalue weighted by atomic mass is 9.88. The molecule has 160 valence electrons. The third kappa shape index (κ3) is 5.06. The maximum Gasteiger partial charge on any atom is 0.292 e. The average molecular weight is 410 g/mol. The lowest BCUT2D eigenvalue weighted by Gasteiger charge is -2.32. The van der Waals surface area contributed by atoms with Crippen molar-refractivity contribution < 1.29 is 9.72 Å². The summed E-state index contributed by atoms with van der Waals surface area (Å²) in [5.74, 6) is 0.240. The number of anilines is 1. The molecule has 1 amide bonds. The minimum atomic E-state index is -0.296. The molecular weight excluding hydrogens is 378 g/mol. The van der Waals surface area contributed by atoms with E-state index in [-0.39, 0.29) is 22.4 Å². The quantitative estimate of drug-likeness (QED) is 0.421. The van der Waals surface area contributed by atoms with Gasteiger partial charge < -0.3 is 10.2 Å². The minimum Gasteiger partial charge on any atom is -0.366 e. The van der Waals surface area contributed by atoms with Crippen molar-refractivity contribution in [3.8, 4) is 0 Å². The lowest BCUT2D eigenvalue weighted by molar-refractivity contribution is -0.384. The second-order valence-electron chi connectivity index (χ2n) is 7.59. The molecule has 1 aliphatic heterocycles. The zero-order chi connectivity index (χ0) is 22.3. The van der Waals surface area contributed by atoms with Crippen LogP contribution in [0.2, 0.25) is 0 Å². The van der Waals surface area contributed by atoms with Gasteiger partial charge in [-0.2, -0.15) is 0 Å². The van der Waals surface area contributed by atoms with Crippen molar-refractivity contribution in [2.24, 2.45) is 5.92 Å². The summed E-state index contributed by atoms with van der Waals surface area (Å²) in [6.45, 7) is 11.8. The number of benzene rings is 2. The summed E-state index contributed by atoms with van der Waals surface area (Å²) in [7, 11) is 1.60. The van der Waals surface area contributed by atoms with Gasteiger partial charge >= 0.3 is 0 Å². The van der Waals surface area contributed by atoms with Crippen LogP contribution >= 0.6 is 0 Å². The average Bonchev–Trinajstić information content (AvgIpc) is 2.79. The SMILES string of the molecule is C=C.CNC(=O)c1ccccc1C(C)c1ccc(N2CCCC(C)C2)c([N+](=O)[O-])c1. The lowest BCUT2D eigenvalue weighted by Crippen LogP contribution is -2.34. The zero-order valence-electron chi connectivity index (χ0n) is 18.1. The van der Waals surface area contributed by atoms with Crippen LogP contribution in [0.1, 0.15) is 54.1 Å². The summed E-state index contributed by atoms with van der Waals surface area (Å²) in [6.07, 6.45) is 2.21. The molecule has 0 saturated carbocycles. The van der Waals surface area contributed by atoms with E-state index >= 15 is 0 Å². The number of nitro groups is 1. The number of rotatable bonds is 5. The van der Waals surface area contributed by atoms with Gasteiger partial charge in [-0.25, -0.2) is 0 Å². The van der Waals surface area contributed by atoms with Gasteiger partial charge in [-0.05, 0) is 42.0 Å². The summed E-state index contributed by atoms with van der Waals surface area (Å²) in [5.41, 5.74) is 3.10. The Kier molecular flexibility index (Phi) is 8.16. The number of hydrogen-bond acceptors (Lipinski definition) is 4. The van der Waals surface area contributed by atoms with Crippen LogP contribution in [0.5, 0.6) is 0 Å². The summed E-state index contributed by atoms with van der Waals surface area (Å²) in [6, 6.07) is 12.9. The Morgan fingerprint density at radius 1 is 1.27 bits per heavy atom. The van der Waals surface area contributed by atoms with E-state index in [1.54, 1.807) is 19.2 Å². The van der Waals surface area contributed by atoms with Crippen LogP contribution in [0.4, 0.5) is 11.4 Å². The third-order valence-electron chi connectivity index (χ3n) is 5.59. The molecule has 0 bridgehead atoms. The molecule has 0 aliphatic carbocycles. The molecule has 1 heterocycles. The predicted molar refractivity (Wildman–Crippen MR) is 122 cm³/mol. The van der Waals surface area contributed by atoms with Crippen LogP contribution in [0.3, 0.4) is 0 Å². The Morgan fingerprint density at radius 2 is 1.97 bits per heavy atom. The van der Waals surface area contributed by atoms with E-state index in [4.69, 9.17) is 0 Å². The molecule has 1 saturated heterocycles. The number of carbonyl (C=O) groups is 1. The van der Waals surface area contributed by atoms with Crippen molar-refractivity contribution in [2.45, 2.75) is 32.6 Å². The largest absolute Gasteiger partial charge is 0.366 e. The van der Waals surface area contributed by atoms with E-state index in [9.17, 15) is 14.9 Å². The van der Waals surface area contributed by atoms with Gasteiger partial charge in [-0.1, -0.05) is 38.1 Å². The number of carbonyl (C=O) groups excluding carboxylic acids is 1. The van der Waals surface area contributed by atoms with E-state index in [0.29, 0.717) is 17.2 Å². The van der Waals surface area contributed by atoms with Gasteiger partial charge in [0.05, 0.1) is 4.92 Å². The van der Waals surface area contributed by atoms with Gasteiger partial charge in [0.15, 0.2) is 0 Å². The van der Waals surface area contributed by atoms with E-state index in [0.717, 1.165) is 37.1 Å². The van der Waals surface area contributed by atoms with Crippen LogP contribution in [-0.4, -0.2) is 31.0 Å². The first-order chi connectivity index (χ1) is 14.4. The number of amides is 1. The summed E-state index contributed by atoms with van der Waals surface area (Å²) in [4.78, 5) is 25.8. The summed E-state index contributed by atoms with van der Waals surface area (Å²) < 4.78 is 0. The number of nitro benzene ring substituents is 1. The van der Waals surface area contributed by atoms with Crippen molar-refractivity contribution in [1.29, 1.82) is 0 Å². The number of hydrogen-bond donors (Lipinski definition) is 1. The van der Waals surface area contributed by atoms with Gasteiger partial charge in [-0.15, -0.1) is 13.2 Å². The van der Waals surface area contributed by atoms with Crippen LogP contribution in [0, 0.1) is 16.0 Å². The molecule has 2 atom stereocenters. The fraction of sp³-hybridized carbons (Fsp3) is 0.375. The minimum absolute atomic E-state index is 0.135. The molecule has 6 nitrogen and oxygen atoms in total. The fourth-order valence-corrected chi connectivity index (χ4v) is 4.03. The van der Waals surface area contributed by atoms with Gasteiger partial charge in [0.2, 0.25) is 0 Å². The molecule has 2 unspecified atom stereocenters. The highest BCUT2D eigenvalue weighted by Gasteiger charge is 2.26. The Balaban J connectivity index is 0.00000155. The van der Waals surface area contributed by atoms with Crippen molar-refractivity contribution in [3.05, 3.63) is 82.4 Å². The molecule has 2 aromatic carbocycles. The second-order valence-corrected chi connectivity index (χ2v) is 7.59. The Hall–Kier alpha value is -3.15. The van der Waals surface area contributed by atoms with Crippen molar-refractivity contribution in [1.82, 2.24) is 5.32 Å². The van der Waals surface area contributed by atoms with E-state index in [2.05, 4.69) is 30.3 Å². The van der Waals surface area contributed by atoms with Crippen LogP contribution < -0.4 is 10.2 Å². The van der Waals surface area contributed by atoms with Crippen molar-refractivity contribution >= 4 is 17.3 Å².